The highest BCUT2D eigenvalue weighted by atomic mass is 16.7. The molecule has 2 N–H and O–H groups in total. The van der Waals surface area contributed by atoms with Gasteiger partial charge in [0, 0.05) is 41.8 Å². The number of aromatic nitrogens is 2. The van der Waals surface area contributed by atoms with Gasteiger partial charge in [0.05, 0.1) is 35.6 Å². The first-order valence-corrected chi connectivity index (χ1v) is 12.2. The number of cyclic esters (lactones) is 1. The Kier molecular flexibility index (Phi) is 4.70. The average Bonchev–Trinajstić information content (AvgIpc) is 3.63. The van der Waals surface area contributed by atoms with Crippen LogP contribution in [0.25, 0.3) is 22.3 Å². The highest BCUT2D eigenvalue weighted by Gasteiger charge is 2.45. The zero-order chi connectivity index (χ0) is 24.6. The van der Waals surface area contributed by atoms with Crippen LogP contribution in [-0.4, -0.2) is 46.7 Å². The maximum atomic E-state index is 13.6. The number of nitrogens with one attached hydrogen (secondary N) is 1. The third kappa shape index (κ3) is 2.98. The van der Waals surface area contributed by atoms with Crippen LogP contribution in [0.2, 0.25) is 0 Å². The molecule has 0 spiro atoms. The maximum absolute atomic E-state index is 13.6. The van der Waals surface area contributed by atoms with Crippen LogP contribution in [0.15, 0.2) is 23.0 Å². The minimum Gasteiger partial charge on any atom is -0.458 e. The van der Waals surface area contributed by atoms with Crippen LogP contribution in [0.5, 0.6) is 11.5 Å². The Bertz CT molecular complexity index is 1510. The highest BCUT2D eigenvalue weighted by Crippen LogP contribution is 2.43. The molecule has 1 aromatic carbocycles. The molecule has 2 aromatic heterocycles. The number of hydrogen-bond acceptors (Lipinski definition) is 9. The van der Waals surface area contributed by atoms with Crippen molar-refractivity contribution in [1.82, 2.24) is 14.9 Å². The SMILES string of the molecule is CC[C@@]1(O)C(=O)OCc2c1cc1n(c2=O)Cc2c-1nc1cc3c(cc1c2CNC1CCOC1)OCO3. The molecule has 186 valence electrons. The van der Waals surface area contributed by atoms with Crippen LogP contribution in [0.4, 0.5) is 0 Å². The molecule has 10 heteroatoms. The molecule has 0 radical (unpaired) electrons. The van der Waals surface area contributed by atoms with Gasteiger partial charge in [0.2, 0.25) is 6.79 Å². The molecule has 1 fully saturated rings. The molecule has 2 atom stereocenters. The minimum absolute atomic E-state index is 0.0990. The van der Waals surface area contributed by atoms with Crippen LogP contribution in [0, 0.1) is 0 Å². The number of pyridine rings is 2. The maximum Gasteiger partial charge on any atom is 0.343 e. The fourth-order valence-corrected chi connectivity index (χ4v) is 5.70. The van der Waals surface area contributed by atoms with E-state index in [0.29, 0.717) is 53.7 Å². The predicted molar refractivity (Wildman–Crippen MR) is 127 cm³/mol. The van der Waals surface area contributed by atoms with Crippen LogP contribution in [-0.2, 0) is 39.6 Å². The molecule has 0 amide bonds. The second-order valence-electron chi connectivity index (χ2n) is 9.68. The van der Waals surface area contributed by atoms with Gasteiger partial charge < -0.3 is 33.9 Å². The molecule has 1 saturated heterocycles. The topological polar surface area (TPSA) is 121 Å². The smallest absolute Gasteiger partial charge is 0.343 e. The monoisotopic (exact) mass is 491 g/mol. The standard InChI is InChI=1S/C26H25N3O7/c1-2-26(32)18-6-20-23-16(9-29(20)24(30)17(18)11-34-25(26)31)15(8-27-13-3-4-33-10-13)14-5-21-22(36-12-35-21)7-19(14)28-23/h5-7,13,27,32H,2-4,8-12H2,1H3/t13?,26-/m0/s1. The van der Waals surface area contributed by atoms with Crippen molar-refractivity contribution in [3.05, 3.63) is 50.8 Å². The number of nitrogens with zero attached hydrogens (tertiary/aromatic N) is 2. The van der Waals surface area contributed by atoms with Crippen LogP contribution >= 0.6 is 0 Å². The lowest BCUT2D eigenvalue weighted by Crippen LogP contribution is -2.44. The molecule has 4 aliphatic heterocycles. The van der Waals surface area contributed by atoms with Gasteiger partial charge in [-0.05, 0) is 30.5 Å². The Morgan fingerprint density at radius 1 is 1.17 bits per heavy atom. The van der Waals surface area contributed by atoms with E-state index in [0.717, 1.165) is 35.1 Å². The Morgan fingerprint density at radius 2 is 2.00 bits per heavy atom. The summed E-state index contributed by atoms with van der Waals surface area (Å²) in [6.45, 7) is 4.00. The van der Waals surface area contributed by atoms with E-state index >= 15 is 0 Å². The fourth-order valence-electron chi connectivity index (χ4n) is 5.70. The summed E-state index contributed by atoms with van der Waals surface area (Å²) in [6, 6.07) is 5.80. The summed E-state index contributed by atoms with van der Waals surface area (Å²) >= 11 is 0. The number of rotatable bonds is 4. The van der Waals surface area contributed by atoms with Crippen molar-refractivity contribution >= 4 is 16.9 Å². The number of aliphatic hydroxyl groups is 1. The zero-order valence-corrected chi connectivity index (χ0v) is 19.8. The van der Waals surface area contributed by atoms with E-state index in [1.54, 1.807) is 17.6 Å². The summed E-state index contributed by atoms with van der Waals surface area (Å²) in [7, 11) is 0. The molecule has 0 aliphatic carbocycles. The van der Waals surface area contributed by atoms with E-state index in [9.17, 15) is 14.7 Å². The van der Waals surface area contributed by atoms with Gasteiger partial charge in [-0.25, -0.2) is 9.78 Å². The van der Waals surface area contributed by atoms with Crippen LogP contribution in [0.1, 0.15) is 42.0 Å². The lowest BCUT2D eigenvalue weighted by atomic mass is 9.86. The van der Waals surface area contributed by atoms with Gasteiger partial charge in [0.25, 0.3) is 5.56 Å². The summed E-state index contributed by atoms with van der Waals surface area (Å²) in [4.78, 5) is 31.0. The Labute approximate surface area is 205 Å². The van der Waals surface area contributed by atoms with E-state index in [1.807, 2.05) is 12.1 Å². The quantitative estimate of drug-likeness (QED) is 0.411. The van der Waals surface area contributed by atoms with Gasteiger partial charge in [-0.3, -0.25) is 4.79 Å². The average molecular weight is 492 g/mol. The Balaban J connectivity index is 1.44. The van der Waals surface area contributed by atoms with Crippen molar-refractivity contribution < 1.29 is 28.8 Å². The van der Waals surface area contributed by atoms with E-state index in [2.05, 4.69) is 5.32 Å². The fraction of sp³-hybridized carbons (Fsp3) is 0.423. The number of fused-ring (bicyclic) bond motifs is 6. The van der Waals surface area contributed by atoms with Crippen molar-refractivity contribution in [2.45, 2.75) is 51.1 Å². The second-order valence-corrected chi connectivity index (χ2v) is 9.68. The van der Waals surface area contributed by atoms with Crippen molar-refractivity contribution in [2.24, 2.45) is 0 Å². The van der Waals surface area contributed by atoms with E-state index in [1.165, 1.54) is 0 Å². The lowest BCUT2D eigenvalue weighted by molar-refractivity contribution is -0.172. The molecule has 3 aromatic rings. The third-order valence-corrected chi connectivity index (χ3v) is 7.80. The summed E-state index contributed by atoms with van der Waals surface area (Å²) in [5, 5.41) is 15.7. The largest absolute Gasteiger partial charge is 0.458 e. The van der Waals surface area contributed by atoms with Crippen molar-refractivity contribution in [3.8, 4) is 22.9 Å². The van der Waals surface area contributed by atoms with Crippen molar-refractivity contribution in [2.75, 3.05) is 20.0 Å². The number of carbonyl (C=O) groups excluding carboxylic acids is 1. The summed E-state index contributed by atoms with van der Waals surface area (Å²) < 4.78 is 23.6. The number of esters is 1. The zero-order valence-electron chi connectivity index (χ0n) is 19.8. The molecule has 0 saturated carbocycles. The van der Waals surface area contributed by atoms with Crippen LogP contribution in [0.3, 0.4) is 0 Å². The molecule has 10 nitrogen and oxygen atoms in total. The van der Waals surface area contributed by atoms with Crippen LogP contribution < -0.4 is 20.3 Å². The highest BCUT2D eigenvalue weighted by molar-refractivity contribution is 5.91. The Morgan fingerprint density at radius 3 is 2.78 bits per heavy atom. The summed E-state index contributed by atoms with van der Waals surface area (Å²) in [5.74, 6) is 0.562. The molecular weight excluding hydrogens is 466 g/mol. The minimum atomic E-state index is -1.86. The predicted octanol–water partition coefficient (Wildman–Crippen LogP) is 1.69. The van der Waals surface area contributed by atoms with Gasteiger partial charge in [0.1, 0.15) is 6.61 Å². The normalized spacial score (nSPS) is 23.5. The van der Waals surface area contributed by atoms with E-state index < -0.39 is 11.6 Å². The molecule has 0 bridgehead atoms. The number of ether oxygens (including phenoxy) is 4. The van der Waals surface area contributed by atoms with Gasteiger partial charge in [-0.1, -0.05) is 6.92 Å². The van der Waals surface area contributed by atoms with Crippen molar-refractivity contribution in [3.63, 3.8) is 0 Å². The molecule has 6 heterocycles. The first kappa shape index (κ1) is 21.8. The van der Waals surface area contributed by atoms with Gasteiger partial charge in [-0.15, -0.1) is 0 Å². The van der Waals surface area contributed by atoms with Gasteiger partial charge in [0.15, 0.2) is 17.1 Å². The molecular formula is C26H25N3O7. The molecule has 7 rings (SSSR count). The number of carbonyl (C=O) groups is 1. The van der Waals surface area contributed by atoms with E-state index in [-0.39, 0.29) is 31.4 Å². The first-order chi connectivity index (χ1) is 17.5. The molecule has 36 heavy (non-hydrogen) atoms. The third-order valence-electron chi connectivity index (χ3n) is 7.80. The van der Waals surface area contributed by atoms with E-state index in [4.69, 9.17) is 23.9 Å². The molecule has 1 unspecified atom stereocenters. The summed E-state index contributed by atoms with van der Waals surface area (Å²) in [5.41, 5.74) is 2.41. The second kappa shape index (κ2) is 7.76. The van der Waals surface area contributed by atoms with Gasteiger partial charge >= 0.3 is 5.97 Å². The first-order valence-electron chi connectivity index (χ1n) is 12.2. The van der Waals surface area contributed by atoms with Crippen molar-refractivity contribution in [1.29, 1.82) is 0 Å². The Hall–Kier alpha value is -3.47. The number of hydrogen-bond donors (Lipinski definition) is 2. The number of benzene rings is 1. The molecule has 4 aliphatic rings. The van der Waals surface area contributed by atoms with Gasteiger partial charge in [-0.2, -0.15) is 0 Å². The lowest BCUT2D eigenvalue weighted by Gasteiger charge is -2.31. The summed E-state index contributed by atoms with van der Waals surface area (Å²) in [6.07, 6.45) is 1.04.